The summed E-state index contributed by atoms with van der Waals surface area (Å²) in [7, 11) is 0. The summed E-state index contributed by atoms with van der Waals surface area (Å²) in [4.78, 5) is 0. The molecule has 0 aliphatic carbocycles. The summed E-state index contributed by atoms with van der Waals surface area (Å²) in [6, 6.07) is 18.9. The van der Waals surface area contributed by atoms with Gasteiger partial charge in [0, 0.05) is 0 Å². The Morgan fingerprint density at radius 3 is 1.33 bits per heavy atom. The number of hydrogen-bond acceptors (Lipinski definition) is 1. The first-order chi connectivity index (χ1) is 6.88. The Hall–Kier alpha value is -0.600. The molecule has 0 fully saturated rings. The minimum Gasteiger partial charge on any atom is -0.845 e. The molecule has 2 rings (SSSR count). The molecule has 2 aromatic carbocycles. The molecule has 0 spiro atoms. The standard InChI is InChI=1S/C13H11O.Na/c14-13(11-7-3-1-4-8-11)12-9-5-2-6-10-12;/h1-10,13H;/q-1;+1. The van der Waals surface area contributed by atoms with E-state index in [1.54, 1.807) is 0 Å². The van der Waals surface area contributed by atoms with Crippen molar-refractivity contribution in [3.05, 3.63) is 71.8 Å². The van der Waals surface area contributed by atoms with E-state index >= 15 is 0 Å². The van der Waals surface area contributed by atoms with E-state index in [4.69, 9.17) is 0 Å². The second-order valence-electron chi connectivity index (χ2n) is 3.20. The predicted molar refractivity (Wildman–Crippen MR) is 54.7 cm³/mol. The van der Waals surface area contributed by atoms with Crippen molar-refractivity contribution >= 4 is 0 Å². The molecule has 0 saturated carbocycles. The van der Waals surface area contributed by atoms with Crippen molar-refractivity contribution in [3.8, 4) is 0 Å². The molecule has 0 amide bonds. The zero-order chi connectivity index (χ0) is 9.80. The van der Waals surface area contributed by atoms with Gasteiger partial charge < -0.3 is 5.11 Å². The molecular weight excluding hydrogens is 195 g/mol. The van der Waals surface area contributed by atoms with Gasteiger partial charge in [0.25, 0.3) is 0 Å². The fourth-order valence-corrected chi connectivity index (χ4v) is 1.45. The first-order valence-corrected chi connectivity index (χ1v) is 4.63. The van der Waals surface area contributed by atoms with Crippen LogP contribution in [0.4, 0.5) is 0 Å². The quantitative estimate of drug-likeness (QED) is 0.586. The Bertz CT molecular complexity index is 346. The first kappa shape index (κ1) is 12.5. The van der Waals surface area contributed by atoms with E-state index in [1.807, 2.05) is 60.7 Å². The first-order valence-electron chi connectivity index (χ1n) is 4.63. The summed E-state index contributed by atoms with van der Waals surface area (Å²) < 4.78 is 0. The third-order valence-corrected chi connectivity index (χ3v) is 2.20. The maximum Gasteiger partial charge on any atom is 1.00 e. The van der Waals surface area contributed by atoms with Crippen LogP contribution in [0.5, 0.6) is 0 Å². The van der Waals surface area contributed by atoms with Gasteiger partial charge >= 0.3 is 29.6 Å². The van der Waals surface area contributed by atoms with Crippen LogP contribution in [0.15, 0.2) is 60.7 Å². The van der Waals surface area contributed by atoms with Crippen molar-refractivity contribution in [2.24, 2.45) is 0 Å². The van der Waals surface area contributed by atoms with Crippen molar-refractivity contribution < 1.29 is 34.7 Å². The topological polar surface area (TPSA) is 23.1 Å². The van der Waals surface area contributed by atoms with Gasteiger partial charge in [-0.15, -0.1) is 0 Å². The Kier molecular flexibility index (Phi) is 5.06. The molecule has 0 heterocycles. The third kappa shape index (κ3) is 3.18. The SMILES string of the molecule is [Na+].[O-]C(c1ccccc1)c1ccccc1. The maximum absolute atomic E-state index is 11.9. The zero-order valence-corrected chi connectivity index (χ0v) is 10.8. The van der Waals surface area contributed by atoms with Gasteiger partial charge in [-0.25, -0.2) is 0 Å². The van der Waals surface area contributed by atoms with Crippen LogP contribution < -0.4 is 34.7 Å². The Morgan fingerprint density at radius 1 is 0.667 bits per heavy atom. The van der Waals surface area contributed by atoms with Crippen LogP contribution in [0.25, 0.3) is 0 Å². The van der Waals surface area contributed by atoms with Crippen LogP contribution in [0.1, 0.15) is 17.2 Å². The molecule has 70 valence electrons. The Morgan fingerprint density at radius 2 is 1.00 bits per heavy atom. The maximum atomic E-state index is 11.9. The molecule has 1 nitrogen and oxygen atoms in total. The van der Waals surface area contributed by atoms with Gasteiger partial charge in [-0.1, -0.05) is 77.9 Å². The molecule has 0 saturated heterocycles. The van der Waals surface area contributed by atoms with Gasteiger partial charge in [0.05, 0.1) is 0 Å². The van der Waals surface area contributed by atoms with Gasteiger partial charge in [-0.3, -0.25) is 0 Å². The number of benzene rings is 2. The molecular formula is C13H11NaO. The molecule has 0 unspecified atom stereocenters. The Balaban J connectivity index is 0.00000112. The fraction of sp³-hybridized carbons (Fsp3) is 0.0769. The van der Waals surface area contributed by atoms with Crippen molar-refractivity contribution in [3.63, 3.8) is 0 Å². The fourth-order valence-electron chi connectivity index (χ4n) is 1.45. The third-order valence-electron chi connectivity index (χ3n) is 2.20. The molecule has 0 aromatic heterocycles. The molecule has 15 heavy (non-hydrogen) atoms. The zero-order valence-electron chi connectivity index (χ0n) is 8.76. The molecule has 0 aliphatic rings. The van der Waals surface area contributed by atoms with Crippen LogP contribution in [0.2, 0.25) is 0 Å². The summed E-state index contributed by atoms with van der Waals surface area (Å²) in [6.45, 7) is 0. The van der Waals surface area contributed by atoms with Crippen LogP contribution in [0, 0.1) is 0 Å². The summed E-state index contributed by atoms with van der Waals surface area (Å²) in [6.07, 6.45) is -0.766. The minimum absolute atomic E-state index is 0. The van der Waals surface area contributed by atoms with E-state index in [-0.39, 0.29) is 29.6 Å². The van der Waals surface area contributed by atoms with Crippen LogP contribution in [-0.4, -0.2) is 0 Å². The van der Waals surface area contributed by atoms with E-state index in [1.165, 1.54) is 0 Å². The average molecular weight is 206 g/mol. The van der Waals surface area contributed by atoms with Crippen LogP contribution >= 0.6 is 0 Å². The van der Waals surface area contributed by atoms with Crippen molar-refractivity contribution in [2.75, 3.05) is 0 Å². The minimum atomic E-state index is -0.766. The summed E-state index contributed by atoms with van der Waals surface area (Å²) in [5.41, 5.74) is 1.64. The van der Waals surface area contributed by atoms with Gasteiger partial charge in [-0.05, 0) is 0 Å². The Labute approximate surface area is 112 Å². The van der Waals surface area contributed by atoms with Crippen LogP contribution in [0.3, 0.4) is 0 Å². The van der Waals surface area contributed by atoms with Gasteiger partial charge in [-0.2, -0.15) is 0 Å². The molecule has 0 atom stereocenters. The van der Waals surface area contributed by atoms with Crippen molar-refractivity contribution in [2.45, 2.75) is 6.10 Å². The van der Waals surface area contributed by atoms with Gasteiger partial charge in [0.1, 0.15) is 0 Å². The van der Waals surface area contributed by atoms with Gasteiger partial charge in [0.2, 0.25) is 0 Å². The van der Waals surface area contributed by atoms with E-state index in [0.717, 1.165) is 11.1 Å². The normalized spacial score (nSPS) is 9.73. The number of rotatable bonds is 2. The van der Waals surface area contributed by atoms with E-state index in [2.05, 4.69) is 0 Å². The molecule has 0 aliphatic heterocycles. The summed E-state index contributed by atoms with van der Waals surface area (Å²) >= 11 is 0. The molecule has 2 aromatic rings. The largest absolute Gasteiger partial charge is 1.00 e. The smallest absolute Gasteiger partial charge is 0.845 e. The predicted octanol–water partition coefficient (Wildman–Crippen LogP) is -0.860. The average Bonchev–Trinajstić information content (AvgIpc) is 2.30. The monoisotopic (exact) mass is 206 g/mol. The number of hydrogen-bond donors (Lipinski definition) is 0. The second-order valence-corrected chi connectivity index (χ2v) is 3.20. The molecule has 2 heteroatoms. The van der Waals surface area contributed by atoms with Crippen molar-refractivity contribution in [1.29, 1.82) is 0 Å². The summed E-state index contributed by atoms with van der Waals surface area (Å²) in [5, 5.41) is 11.9. The second kappa shape index (κ2) is 6.09. The van der Waals surface area contributed by atoms with Crippen LogP contribution in [-0.2, 0) is 0 Å². The van der Waals surface area contributed by atoms with E-state index in [9.17, 15) is 5.11 Å². The van der Waals surface area contributed by atoms with E-state index < -0.39 is 6.10 Å². The van der Waals surface area contributed by atoms with Gasteiger partial charge in [0.15, 0.2) is 0 Å². The molecule has 0 N–H and O–H groups in total. The van der Waals surface area contributed by atoms with E-state index in [0.29, 0.717) is 0 Å². The molecule has 0 radical (unpaired) electrons. The molecule has 0 bridgehead atoms. The summed E-state index contributed by atoms with van der Waals surface area (Å²) in [5.74, 6) is 0. The van der Waals surface area contributed by atoms with Crippen molar-refractivity contribution in [1.82, 2.24) is 0 Å².